The van der Waals surface area contributed by atoms with Gasteiger partial charge in [0.2, 0.25) is 5.91 Å². The topological polar surface area (TPSA) is 95.9 Å². The molecule has 348 valence electrons. The second kappa shape index (κ2) is 47.6. The van der Waals surface area contributed by atoms with Crippen LogP contribution in [-0.2, 0) is 14.3 Å². The summed E-state index contributed by atoms with van der Waals surface area (Å²) < 4.78 is 5.92. The Morgan fingerprint density at radius 1 is 0.500 bits per heavy atom. The predicted molar refractivity (Wildman–Crippen MR) is 259 cm³/mol. The molecular formula is C54H97NO5. The van der Waals surface area contributed by atoms with E-state index in [-0.39, 0.29) is 24.9 Å². The van der Waals surface area contributed by atoms with E-state index < -0.39 is 18.2 Å². The molecule has 0 rings (SSSR count). The molecular weight excluding hydrogens is 743 g/mol. The van der Waals surface area contributed by atoms with Crippen LogP contribution in [-0.4, -0.2) is 46.9 Å². The van der Waals surface area contributed by atoms with Crippen LogP contribution in [0.15, 0.2) is 60.8 Å². The molecule has 0 aliphatic heterocycles. The van der Waals surface area contributed by atoms with Gasteiger partial charge in [0, 0.05) is 6.42 Å². The molecule has 6 nitrogen and oxygen atoms in total. The summed E-state index contributed by atoms with van der Waals surface area (Å²) in [5.41, 5.74) is 0. The average molecular weight is 840 g/mol. The number of aliphatic hydroxyl groups excluding tert-OH is 2. The molecule has 0 saturated heterocycles. The maximum Gasteiger partial charge on any atom is 0.306 e. The molecule has 60 heavy (non-hydrogen) atoms. The third-order valence-corrected chi connectivity index (χ3v) is 11.4. The summed E-state index contributed by atoms with van der Waals surface area (Å²) in [6, 6.07) is -0.712. The highest BCUT2D eigenvalue weighted by atomic mass is 16.5. The largest absolute Gasteiger partial charge is 0.462 e. The summed E-state index contributed by atoms with van der Waals surface area (Å²) in [5, 5.41) is 23.7. The standard InChI is InChI=1S/C54H97NO5/c1-4-7-10-13-16-19-22-25-27-29-32-35-38-41-44-47-54(59)60-50(45-42-39-36-33-30-28-26-23-20-17-14-11-8-5-2)48-53(58)55-51(49-56)52(57)46-43-40-37-34-31-24-21-18-15-12-9-6-3/h7,10,13,16,19,22,25,27-28,30,50-52,56-57H,4-6,8-9,11-12,14-15,17-18,20-21,23-24,26,29,31-49H2,1-3H3,(H,55,58)/b10-7+,16-13+,22-19+,27-25-,30-28+. The molecule has 0 aliphatic rings. The highest BCUT2D eigenvalue weighted by molar-refractivity contribution is 5.77. The minimum atomic E-state index is -0.796. The Hall–Kier alpha value is -2.44. The molecule has 6 heteroatoms. The number of aliphatic hydroxyl groups is 2. The summed E-state index contributed by atoms with van der Waals surface area (Å²) in [7, 11) is 0. The zero-order chi connectivity index (χ0) is 43.8. The number of carbonyl (C=O) groups excluding carboxylic acids is 2. The lowest BCUT2D eigenvalue weighted by molar-refractivity contribution is -0.151. The van der Waals surface area contributed by atoms with Crippen LogP contribution in [0.2, 0.25) is 0 Å². The fourth-order valence-electron chi connectivity index (χ4n) is 7.55. The van der Waals surface area contributed by atoms with Crippen LogP contribution in [0.5, 0.6) is 0 Å². The van der Waals surface area contributed by atoms with Crippen molar-refractivity contribution in [1.29, 1.82) is 0 Å². The number of carbonyl (C=O) groups is 2. The smallest absolute Gasteiger partial charge is 0.306 e. The van der Waals surface area contributed by atoms with Crippen molar-refractivity contribution < 1.29 is 24.5 Å². The summed E-state index contributed by atoms with van der Waals surface area (Å²) >= 11 is 0. The van der Waals surface area contributed by atoms with E-state index in [4.69, 9.17) is 4.74 Å². The number of rotatable bonds is 45. The Bertz CT molecular complexity index is 1080. The van der Waals surface area contributed by atoms with Crippen molar-refractivity contribution in [3.05, 3.63) is 60.8 Å². The van der Waals surface area contributed by atoms with Gasteiger partial charge in [-0.05, 0) is 70.6 Å². The first-order chi connectivity index (χ1) is 29.5. The van der Waals surface area contributed by atoms with E-state index in [2.05, 4.69) is 68.6 Å². The first-order valence-electron chi connectivity index (χ1n) is 25.6. The molecule has 3 atom stereocenters. The molecule has 0 aliphatic carbocycles. The van der Waals surface area contributed by atoms with E-state index in [0.29, 0.717) is 19.3 Å². The van der Waals surface area contributed by atoms with Gasteiger partial charge in [-0.1, -0.05) is 223 Å². The van der Waals surface area contributed by atoms with E-state index in [1.54, 1.807) is 0 Å². The van der Waals surface area contributed by atoms with Crippen molar-refractivity contribution >= 4 is 11.9 Å². The van der Waals surface area contributed by atoms with Crippen molar-refractivity contribution in [1.82, 2.24) is 5.32 Å². The van der Waals surface area contributed by atoms with Crippen LogP contribution < -0.4 is 5.32 Å². The molecule has 0 aromatic rings. The van der Waals surface area contributed by atoms with E-state index >= 15 is 0 Å². The number of ether oxygens (including phenoxy) is 1. The summed E-state index contributed by atoms with van der Waals surface area (Å²) in [4.78, 5) is 26.1. The van der Waals surface area contributed by atoms with Crippen LogP contribution in [0.3, 0.4) is 0 Å². The maximum atomic E-state index is 13.2. The molecule has 0 bridgehead atoms. The molecule has 0 aromatic heterocycles. The van der Waals surface area contributed by atoms with Crippen molar-refractivity contribution in [2.45, 2.75) is 264 Å². The molecule has 0 radical (unpaired) electrons. The Kier molecular flexibility index (Phi) is 45.7. The lowest BCUT2D eigenvalue weighted by atomic mass is 10.0. The van der Waals surface area contributed by atoms with Gasteiger partial charge in [-0.2, -0.15) is 0 Å². The first-order valence-corrected chi connectivity index (χ1v) is 25.6. The van der Waals surface area contributed by atoms with Gasteiger partial charge in [-0.25, -0.2) is 0 Å². The fraction of sp³-hybridized carbons (Fsp3) is 0.778. The number of esters is 1. The van der Waals surface area contributed by atoms with Crippen molar-refractivity contribution in [2.24, 2.45) is 0 Å². The number of allylic oxidation sites excluding steroid dienone is 10. The Morgan fingerprint density at radius 2 is 0.917 bits per heavy atom. The zero-order valence-electron chi connectivity index (χ0n) is 39.6. The zero-order valence-corrected chi connectivity index (χ0v) is 39.6. The minimum Gasteiger partial charge on any atom is -0.462 e. The highest BCUT2D eigenvalue weighted by Gasteiger charge is 2.24. The number of amides is 1. The number of unbranched alkanes of at least 4 members (excludes halogenated alkanes) is 26. The summed E-state index contributed by atoms with van der Waals surface area (Å²) in [6.45, 7) is 6.33. The third kappa shape index (κ3) is 42.3. The van der Waals surface area contributed by atoms with Crippen LogP contribution in [0.25, 0.3) is 0 Å². The molecule has 3 N–H and O–H groups in total. The van der Waals surface area contributed by atoms with Gasteiger partial charge in [-0.3, -0.25) is 9.59 Å². The normalized spacial score (nSPS) is 13.8. The van der Waals surface area contributed by atoms with Crippen molar-refractivity contribution in [2.75, 3.05) is 6.61 Å². The lowest BCUT2D eigenvalue weighted by Crippen LogP contribution is -2.46. The van der Waals surface area contributed by atoms with Crippen LogP contribution in [0.1, 0.15) is 245 Å². The SMILES string of the molecule is CC/C=C/C=C/C=C/C=C\CCCCCCCC(=O)OC(CCCCC/C=C/CCCCCCCCC)CC(=O)NC(CO)C(O)CCCCCCCCCCCCCC. The van der Waals surface area contributed by atoms with Crippen LogP contribution >= 0.6 is 0 Å². The summed E-state index contributed by atoms with van der Waals surface area (Å²) in [5.74, 6) is -0.514. The minimum absolute atomic E-state index is 0.0564. The molecule has 0 fully saturated rings. The molecule has 1 amide bonds. The molecule has 0 saturated carbocycles. The van der Waals surface area contributed by atoms with Gasteiger partial charge in [0.05, 0.1) is 25.2 Å². The Balaban J connectivity index is 4.65. The highest BCUT2D eigenvalue weighted by Crippen LogP contribution is 2.17. The van der Waals surface area contributed by atoms with Crippen LogP contribution in [0, 0.1) is 0 Å². The number of hydrogen-bond acceptors (Lipinski definition) is 5. The van der Waals surface area contributed by atoms with Crippen molar-refractivity contribution in [3.63, 3.8) is 0 Å². The number of nitrogens with one attached hydrogen (secondary N) is 1. The molecule has 0 spiro atoms. The monoisotopic (exact) mass is 840 g/mol. The second-order valence-corrected chi connectivity index (χ2v) is 17.3. The molecule has 3 unspecified atom stereocenters. The average Bonchev–Trinajstić information content (AvgIpc) is 3.24. The van der Waals surface area contributed by atoms with E-state index in [1.165, 1.54) is 103 Å². The van der Waals surface area contributed by atoms with Gasteiger partial charge >= 0.3 is 5.97 Å². The van der Waals surface area contributed by atoms with Crippen molar-refractivity contribution in [3.8, 4) is 0 Å². The Morgan fingerprint density at radius 3 is 1.43 bits per heavy atom. The van der Waals surface area contributed by atoms with Crippen LogP contribution in [0.4, 0.5) is 0 Å². The van der Waals surface area contributed by atoms with Gasteiger partial charge < -0.3 is 20.3 Å². The third-order valence-electron chi connectivity index (χ3n) is 11.4. The van der Waals surface area contributed by atoms with Gasteiger partial charge in [0.15, 0.2) is 0 Å². The quantitative estimate of drug-likeness (QED) is 0.0246. The molecule has 0 heterocycles. The lowest BCUT2D eigenvalue weighted by Gasteiger charge is -2.24. The second-order valence-electron chi connectivity index (χ2n) is 17.3. The Labute approximate surface area is 371 Å². The van der Waals surface area contributed by atoms with E-state index in [9.17, 15) is 19.8 Å². The van der Waals surface area contributed by atoms with E-state index in [1.807, 2.05) is 18.2 Å². The maximum absolute atomic E-state index is 13.2. The predicted octanol–water partition coefficient (Wildman–Crippen LogP) is 15.2. The number of hydrogen-bond donors (Lipinski definition) is 3. The molecule has 0 aromatic carbocycles. The van der Waals surface area contributed by atoms with E-state index in [0.717, 1.165) is 96.3 Å². The first kappa shape index (κ1) is 57.6. The fourth-order valence-corrected chi connectivity index (χ4v) is 7.55. The van der Waals surface area contributed by atoms with Gasteiger partial charge in [-0.15, -0.1) is 0 Å². The van der Waals surface area contributed by atoms with Gasteiger partial charge in [0.25, 0.3) is 0 Å². The van der Waals surface area contributed by atoms with Gasteiger partial charge in [0.1, 0.15) is 6.10 Å². The summed E-state index contributed by atoms with van der Waals surface area (Å²) in [6.07, 6.45) is 58.5.